The third-order valence-electron chi connectivity index (χ3n) is 6.94. The van der Waals surface area contributed by atoms with Crippen molar-refractivity contribution in [2.45, 2.75) is 51.6 Å². The van der Waals surface area contributed by atoms with Crippen LogP contribution in [0.4, 0.5) is 5.69 Å². The number of rotatable bonds is 3. The minimum Gasteiger partial charge on any atom is -0.504 e. The minimum absolute atomic E-state index is 0.103. The number of carbonyl (C=O) groups is 1. The van der Waals surface area contributed by atoms with Gasteiger partial charge in [0.1, 0.15) is 5.54 Å². The third-order valence-corrected chi connectivity index (χ3v) is 6.94. The number of hydrogen-bond acceptors (Lipinski definition) is 4. The Hall–Kier alpha value is -1.81. The molecule has 1 aromatic rings. The number of nitrogens with one attached hydrogen (secondary N) is 1. The van der Waals surface area contributed by atoms with Gasteiger partial charge < -0.3 is 10.1 Å². The molecular formula is C22H30N2O2. The molecule has 1 spiro atoms. The first-order valence-electron chi connectivity index (χ1n) is 11.2. The quantitative estimate of drug-likeness (QED) is 0.830. The van der Waals surface area contributed by atoms with Gasteiger partial charge in [0.2, 0.25) is 0 Å². The predicted octanol–water partition coefficient (Wildman–Crippen LogP) is 4.01. The lowest BCUT2D eigenvalue weighted by molar-refractivity contribution is 0.0687. The number of anilines is 1. The van der Waals surface area contributed by atoms with E-state index in [1.807, 2.05) is 32.0 Å². The van der Waals surface area contributed by atoms with Gasteiger partial charge in [-0.05, 0) is 55.7 Å². The van der Waals surface area contributed by atoms with E-state index in [-0.39, 0.29) is 17.7 Å². The Bertz CT molecular complexity index is 851. The van der Waals surface area contributed by atoms with E-state index in [0.717, 1.165) is 54.7 Å². The van der Waals surface area contributed by atoms with Crippen molar-refractivity contribution in [2.75, 3.05) is 25.4 Å². The summed E-state index contributed by atoms with van der Waals surface area (Å²) in [6, 6.07) is 6.10. The van der Waals surface area contributed by atoms with E-state index in [4.69, 9.17) is 8.85 Å². The van der Waals surface area contributed by atoms with Crippen molar-refractivity contribution in [1.29, 1.82) is 0 Å². The maximum Gasteiger partial charge on any atom is 0.192 e. The van der Waals surface area contributed by atoms with Crippen LogP contribution in [0.15, 0.2) is 30.0 Å². The molecule has 0 aliphatic carbocycles. The van der Waals surface area contributed by atoms with Crippen molar-refractivity contribution < 1.29 is 13.6 Å². The highest BCUT2D eigenvalue weighted by Gasteiger charge is 2.58. The number of piperidine rings is 1. The molecule has 0 bridgehead atoms. The Morgan fingerprint density at radius 1 is 1.54 bits per heavy atom. The topological polar surface area (TPSA) is 41.6 Å². The summed E-state index contributed by atoms with van der Waals surface area (Å²) in [4.78, 5) is 16.0. The van der Waals surface area contributed by atoms with Crippen LogP contribution in [0.25, 0.3) is 0 Å². The smallest absolute Gasteiger partial charge is 0.192 e. The molecule has 0 unspecified atom stereocenters. The van der Waals surface area contributed by atoms with Crippen molar-refractivity contribution in [3.8, 4) is 0 Å². The van der Waals surface area contributed by atoms with Gasteiger partial charge in [0.25, 0.3) is 0 Å². The van der Waals surface area contributed by atoms with Gasteiger partial charge in [-0.2, -0.15) is 0 Å². The largest absolute Gasteiger partial charge is 0.504 e. The summed E-state index contributed by atoms with van der Waals surface area (Å²) < 4.78 is 26.9. The molecule has 4 nitrogen and oxygen atoms in total. The Kier molecular flexibility index (Phi) is 3.52. The molecule has 1 aromatic carbocycles. The second kappa shape index (κ2) is 6.41. The van der Waals surface area contributed by atoms with Crippen molar-refractivity contribution in [2.24, 2.45) is 11.8 Å². The number of fused-ring (bicyclic) bond motifs is 3. The number of aryl methyl sites for hydroxylation is 1. The summed E-state index contributed by atoms with van der Waals surface area (Å²) in [7, 11) is -2.43. The normalized spacial score (nSPS) is 36.1. The van der Waals surface area contributed by atoms with Gasteiger partial charge in [-0.3, -0.25) is 9.69 Å². The first-order valence-corrected chi connectivity index (χ1v) is 9.67. The number of ketones is 1. The van der Waals surface area contributed by atoms with E-state index in [1.165, 1.54) is 6.26 Å². The number of carbonyl (C=O) groups excluding carboxylic acids is 1. The van der Waals surface area contributed by atoms with Crippen LogP contribution in [-0.4, -0.2) is 42.4 Å². The summed E-state index contributed by atoms with van der Waals surface area (Å²) in [5.41, 5.74) is 3.19. The van der Waals surface area contributed by atoms with E-state index >= 15 is 0 Å². The van der Waals surface area contributed by atoms with Crippen molar-refractivity contribution in [3.05, 3.63) is 41.2 Å². The van der Waals surface area contributed by atoms with Crippen LogP contribution in [0.3, 0.4) is 0 Å². The summed E-state index contributed by atoms with van der Waals surface area (Å²) in [5, 5.41) is 3.62. The lowest BCUT2D eigenvalue weighted by atomic mass is 9.72. The Morgan fingerprint density at radius 2 is 2.38 bits per heavy atom. The molecule has 3 heterocycles. The molecule has 0 amide bonds. The molecule has 4 rings (SSSR count). The molecule has 0 saturated carbocycles. The molecule has 2 fully saturated rings. The first-order chi connectivity index (χ1) is 13.7. The van der Waals surface area contributed by atoms with E-state index in [1.54, 1.807) is 0 Å². The maximum atomic E-state index is 13.6. The van der Waals surface area contributed by atoms with Gasteiger partial charge in [0.15, 0.2) is 5.78 Å². The second-order valence-electron chi connectivity index (χ2n) is 8.17. The van der Waals surface area contributed by atoms with Crippen molar-refractivity contribution >= 4 is 11.5 Å². The summed E-state index contributed by atoms with van der Waals surface area (Å²) in [6.45, 7) is 7.98. The van der Waals surface area contributed by atoms with Crippen LogP contribution < -0.4 is 5.32 Å². The van der Waals surface area contributed by atoms with Crippen LogP contribution in [0.1, 0.15) is 53.1 Å². The van der Waals surface area contributed by atoms with Gasteiger partial charge in [0.05, 0.1) is 17.4 Å². The van der Waals surface area contributed by atoms with Crippen molar-refractivity contribution in [3.63, 3.8) is 0 Å². The molecule has 140 valence electrons. The Labute approximate surface area is 160 Å². The maximum absolute atomic E-state index is 13.6. The number of allylic oxidation sites excluding steroid dienone is 1. The monoisotopic (exact) mass is 357 g/mol. The fourth-order valence-corrected chi connectivity index (χ4v) is 5.54. The average Bonchev–Trinajstić information content (AvgIpc) is 3.17. The molecular weight excluding hydrogens is 324 g/mol. The zero-order chi connectivity index (χ0) is 21.0. The number of ether oxygens (including phenoxy) is 1. The fourth-order valence-electron chi connectivity index (χ4n) is 5.54. The van der Waals surface area contributed by atoms with Gasteiger partial charge >= 0.3 is 0 Å². The fraction of sp³-hybridized carbons (Fsp3) is 0.591. The average molecular weight is 358 g/mol. The molecule has 3 aliphatic heterocycles. The zero-order valence-corrected chi connectivity index (χ0v) is 15.8. The lowest BCUT2D eigenvalue weighted by Gasteiger charge is -2.45. The molecule has 4 heteroatoms. The highest BCUT2D eigenvalue weighted by atomic mass is 16.5. The predicted molar refractivity (Wildman–Crippen MR) is 104 cm³/mol. The number of benzene rings is 1. The number of Topliss-reactive ketones (excluding diaryl/α,β-unsaturated/α-hetero) is 1. The van der Waals surface area contributed by atoms with Crippen LogP contribution in [0, 0.1) is 18.8 Å². The molecule has 1 N–H and O–H groups in total. The molecule has 0 radical (unpaired) electrons. The minimum atomic E-state index is -2.43. The Balaban J connectivity index is 1.63. The third kappa shape index (κ3) is 2.42. The van der Waals surface area contributed by atoms with E-state index in [9.17, 15) is 4.79 Å². The molecule has 2 saturated heterocycles. The molecule has 26 heavy (non-hydrogen) atoms. The molecule has 4 atom stereocenters. The van der Waals surface area contributed by atoms with Gasteiger partial charge in [-0.1, -0.05) is 25.5 Å². The van der Waals surface area contributed by atoms with E-state index < -0.39 is 12.6 Å². The second-order valence-corrected chi connectivity index (χ2v) is 8.17. The van der Waals surface area contributed by atoms with Crippen molar-refractivity contribution in [1.82, 2.24) is 4.90 Å². The summed E-state index contributed by atoms with van der Waals surface area (Å²) in [6.07, 6.45) is 4.07. The number of hydrogen-bond donors (Lipinski definition) is 1. The van der Waals surface area contributed by atoms with E-state index in [2.05, 4.69) is 17.1 Å². The van der Waals surface area contributed by atoms with Crippen LogP contribution in [0.2, 0.25) is 0 Å². The van der Waals surface area contributed by atoms with Gasteiger partial charge in [-0.15, -0.1) is 0 Å². The number of nitrogens with zero attached hydrogens (tertiary/aromatic N) is 1. The van der Waals surface area contributed by atoms with E-state index in [0.29, 0.717) is 5.92 Å². The highest BCUT2D eigenvalue weighted by Crippen LogP contribution is 2.49. The zero-order valence-electron chi connectivity index (χ0n) is 18.8. The van der Waals surface area contributed by atoms with Crippen LogP contribution in [0.5, 0.6) is 0 Å². The molecule has 3 aliphatic rings. The van der Waals surface area contributed by atoms with Crippen LogP contribution in [-0.2, 0) is 4.74 Å². The van der Waals surface area contributed by atoms with Gasteiger partial charge in [-0.25, -0.2) is 0 Å². The molecule has 0 aromatic heterocycles. The summed E-state index contributed by atoms with van der Waals surface area (Å²) >= 11 is 0. The highest BCUT2D eigenvalue weighted by molar-refractivity contribution is 6.15. The standard InChI is InChI=1S/C22H30N2O2/c1-5-16-12-24-10-9-22(19(24)11-17(16)15(3)13-26-4)21(25)20-14(2)7-6-8-18(20)23-22/h6-8,13,16-17,19,23H,5,9-12H2,1-4H3/b15-13-/t16-,17-,19+,22+/m1/s1/i4D3. The number of methoxy groups -OCH3 is 1. The van der Waals surface area contributed by atoms with Gasteiger partial charge in [0, 0.05) is 30.4 Å². The summed E-state index contributed by atoms with van der Waals surface area (Å²) in [5.74, 6) is 0.851. The Morgan fingerprint density at radius 3 is 3.12 bits per heavy atom. The lowest BCUT2D eigenvalue weighted by Crippen LogP contribution is -2.57. The van der Waals surface area contributed by atoms with Crippen LogP contribution >= 0.6 is 0 Å². The SMILES string of the molecule is [2H]C([2H])([2H])O/C=C(/C)[C@H]1C[C@@H]2N(CC[C@]23Nc2cccc(C)c2C3=O)C[C@H]1CC. The first kappa shape index (κ1) is 14.3.